The summed E-state index contributed by atoms with van der Waals surface area (Å²) in [5.74, 6) is 0.858. The molecule has 1 aliphatic rings. The first-order valence-electron chi connectivity index (χ1n) is 4.85. The van der Waals surface area contributed by atoms with Crippen LogP contribution in [-0.2, 0) is 0 Å². The first kappa shape index (κ1) is 9.08. The molecule has 0 aliphatic heterocycles. The van der Waals surface area contributed by atoms with Gasteiger partial charge in [-0.2, -0.15) is 5.26 Å². The molecule has 0 spiro atoms. The number of benzene rings is 1. The number of aryl methyl sites for hydroxylation is 1. The number of hydrogen-bond acceptors (Lipinski definition) is 2. The van der Waals surface area contributed by atoms with Crippen LogP contribution in [0, 0.1) is 23.7 Å². The molecule has 0 radical (unpaired) electrons. The van der Waals surface area contributed by atoms with Gasteiger partial charge in [-0.05, 0) is 31.9 Å². The van der Waals surface area contributed by atoms with Crippen LogP contribution in [0.5, 0.6) is 5.75 Å². The summed E-state index contributed by atoms with van der Waals surface area (Å²) in [6.07, 6.45) is 1.96. The average molecular weight is 187 g/mol. The number of nitrogens with zero attached hydrogens (tertiary/aromatic N) is 1. The van der Waals surface area contributed by atoms with Gasteiger partial charge in [-0.25, -0.2) is 0 Å². The molecular formula is C12H13NO. The Kier molecular flexibility index (Phi) is 2.17. The van der Waals surface area contributed by atoms with Crippen LogP contribution in [0.3, 0.4) is 0 Å². The zero-order valence-electron chi connectivity index (χ0n) is 8.29. The van der Waals surface area contributed by atoms with Crippen molar-refractivity contribution in [1.29, 1.82) is 5.26 Å². The van der Waals surface area contributed by atoms with Crippen LogP contribution in [0.15, 0.2) is 24.3 Å². The summed E-state index contributed by atoms with van der Waals surface area (Å²) in [6, 6.07) is 10.2. The van der Waals surface area contributed by atoms with Gasteiger partial charge in [0.25, 0.3) is 0 Å². The molecule has 1 fully saturated rings. The van der Waals surface area contributed by atoms with Crippen molar-refractivity contribution in [3.63, 3.8) is 0 Å². The van der Waals surface area contributed by atoms with Crippen molar-refractivity contribution < 1.29 is 4.74 Å². The smallest absolute Gasteiger partial charge is 0.119 e. The van der Waals surface area contributed by atoms with Crippen molar-refractivity contribution in [2.45, 2.75) is 19.8 Å². The maximum Gasteiger partial charge on any atom is 0.119 e. The molecule has 0 atom stereocenters. The molecule has 1 aromatic carbocycles. The lowest BCUT2D eigenvalue weighted by molar-refractivity contribution is 0.269. The van der Waals surface area contributed by atoms with E-state index >= 15 is 0 Å². The fraction of sp³-hybridized carbons (Fsp3) is 0.417. The van der Waals surface area contributed by atoms with Gasteiger partial charge in [-0.1, -0.05) is 17.7 Å². The van der Waals surface area contributed by atoms with E-state index < -0.39 is 0 Å². The second-order valence-corrected chi connectivity index (χ2v) is 3.99. The lowest BCUT2D eigenvalue weighted by atomic mass is 10.1. The Hall–Kier alpha value is -1.49. The van der Waals surface area contributed by atoms with E-state index in [-0.39, 0.29) is 5.41 Å². The molecular weight excluding hydrogens is 174 g/mol. The number of rotatable bonds is 3. The molecule has 0 N–H and O–H groups in total. The Morgan fingerprint density at radius 3 is 2.50 bits per heavy atom. The largest absolute Gasteiger partial charge is 0.492 e. The minimum Gasteiger partial charge on any atom is -0.492 e. The van der Waals surface area contributed by atoms with Crippen molar-refractivity contribution in [2.75, 3.05) is 6.61 Å². The maximum absolute atomic E-state index is 8.85. The summed E-state index contributed by atoms with van der Waals surface area (Å²) in [6.45, 7) is 2.58. The van der Waals surface area contributed by atoms with E-state index in [9.17, 15) is 0 Å². The van der Waals surface area contributed by atoms with E-state index in [1.165, 1.54) is 5.56 Å². The molecule has 0 aromatic heterocycles. The third-order valence-electron chi connectivity index (χ3n) is 2.63. The Morgan fingerprint density at radius 2 is 2.00 bits per heavy atom. The fourth-order valence-corrected chi connectivity index (χ4v) is 1.30. The minimum absolute atomic E-state index is 0.176. The Bertz CT molecular complexity index is 357. The van der Waals surface area contributed by atoms with Gasteiger partial charge in [-0.3, -0.25) is 0 Å². The molecule has 1 saturated carbocycles. The summed E-state index contributed by atoms with van der Waals surface area (Å²) in [5, 5.41) is 8.85. The van der Waals surface area contributed by atoms with Crippen LogP contribution in [0.1, 0.15) is 18.4 Å². The first-order valence-corrected chi connectivity index (χ1v) is 4.85. The fourth-order valence-electron chi connectivity index (χ4n) is 1.30. The summed E-state index contributed by atoms with van der Waals surface area (Å²) < 4.78 is 5.56. The quantitative estimate of drug-likeness (QED) is 0.728. The van der Waals surface area contributed by atoms with Gasteiger partial charge in [0.15, 0.2) is 0 Å². The third-order valence-corrected chi connectivity index (χ3v) is 2.63. The molecule has 2 rings (SSSR count). The Labute approximate surface area is 84.1 Å². The molecule has 0 unspecified atom stereocenters. The highest BCUT2D eigenvalue weighted by molar-refractivity contribution is 5.26. The van der Waals surface area contributed by atoms with Gasteiger partial charge in [-0.15, -0.1) is 0 Å². The lowest BCUT2D eigenvalue weighted by Gasteiger charge is -2.08. The van der Waals surface area contributed by atoms with Crippen LogP contribution in [0.2, 0.25) is 0 Å². The van der Waals surface area contributed by atoms with E-state index in [1.807, 2.05) is 31.2 Å². The molecule has 2 heteroatoms. The van der Waals surface area contributed by atoms with Crippen molar-refractivity contribution >= 4 is 0 Å². The highest BCUT2D eigenvalue weighted by Crippen LogP contribution is 2.44. The second-order valence-electron chi connectivity index (χ2n) is 3.99. The van der Waals surface area contributed by atoms with Gasteiger partial charge >= 0.3 is 0 Å². The van der Waals surface area contributed by atoms with Crippen LogP contribution < -0.4 is 4.74 Å². The zero-order chi connectivity index (χ0) is 10.0. The van der Waals surface area contributed by atoms with Gasteiger partial charge in [0.1, 0.15) is 12.4 Å². The predicted octanol–water partition coefficient (Wildman–Crippen LogP) is 2.68. The summed E-state index contributed by atoms with van der Waals surface area (Å²) >= 11 is 0. The molecule has 1 aromatic rings. The number of ether oxygens (including phenoxy) is 1. The Balaban J connectivity index is 1.93. The molecule has 0 amide bonds. The standard InChI is InChI=1S/C12H13NO/c1-10-2-4-11(5-3-10)14-9-12(8-13)6-7-12/h2-5H,6-7,9H2,1H3. The average Bonchev–Trinajstić information content (AvgIpc) is 2.98. The summed E-state index contributed by atoms with van der Waals surface area (Å²) in [7, 11) is 0. The molecule has 1 aliphatic carbocycles. The van der Waals surface area contributed by atoms with Crippen LogP contribution >= 0.6 is 0 Å². The molecule has 0 heterocycles. The zero-order valence-corrected chi connectivity index (χ0v) is 8.29. The Morgan fingerprint density at radius 1 is 1.36 bits per heavy atom. The van der Waals surface area contributed by atoms with Crippen molar-refractivity contribution in [1.82, 2.24) is 0 Å². The van der Waals surface area contributed by atoms with Crippen molar-refractivity contribution in [3.8, 4) is 11.8 Å². The van der Waals surface area contributed by atoms with Crippen LogP contribution in [0.4, 0.5) is 0 Å². The number of hydrogen-bond donors (Lipinski definition) is 0. The minimum atomic E-state index is -0.176. The van der Waals surface area contributed by atoms with E-state index in [4.69, 9.17) is 10.00 Å². The number of nitriles is 1. The van der Waals surface area contributed by atoms with Crippen molar-refractivity contribution in [2.24, 2.45) is 5.41 Å². The highest BCUT2D eigenvalue weighted by Gasteiger charge is 2.44. The van der Waals surface area contributed by atoms with E-state index in [0.717, 1.165) is 18.6 Å². The molecule has 2 nitrogen and oxygen atoms in total. The second kappa shape index (κ2) is 3.34. The predicted molar refractivity (Wildman–Crippen MR) is 54.0 cm³/mol. The van der Waals surface area contributed by atoms with Gasteiger partial charge < -0.3 is 4.74 Å². The monoisotopic (exact) mass is 187 g/mol. The van der Waals surface area contributed by atoms with E-state index in [2.05, 4.69) is 6.07 Å². The van der Waals surface area contributed by atoms with E-state index in [0.29, 0.717) is 6.61 Å². The van der Waals surface area contributed by atoms with E-state index in [1.54, 1.807) is 0 Å². The van der Waals surface area contributed by atoms with Gasteiger partial charge in [0, 0.05) is 0 Å². The molecule has 14 heavy (non-hydrogen) atoms. The topological polar surface area (TPSA) is 33.0 Å². The first-order chi connectivity index (χ1) is 6.74. The molecule has 72 valence electrons. The highest BCUT2D eigenvalue weighted by atomic mass is 16.5. The summed E-state index contributed by atoms with van der Waals surface area (Å²) in [5.41, 5.74) is 1.05. The lowest BCUT2D eigenvalue weighted by Crippen LogP contribution is -2.10. The van der Waals surface area contributed by atoms with Gasteiger partial charge in [0.2, 0.25) is 0 Å². The summed E-state index contributed by atoms with van der Waals surface area (Å²) in [4.78, 5) is 0. The third kappa shape index (κ3) is 1.88. The maximum atomic E-state index is 8.85. The molecule has 0 saturated heterocycles. The van der Waals surface area contributed by atoms with Crippen molar-refractivity contribution in [3.05, 3.63) is 29.8 Å². The normalized spacial score (nSPS) is 17.1. The van der Waals surface area contributed by atoms with Crippen LogP contribution in [0.25, 0.3) is 0 Å². The molecule has 0 bridgehead atoms. The van der Waals surface area contributed by atoms with Gasteiger partial charge in [0.05, 0.1) is 11.5 Å². The SMILES string of the molecule is Cc1ccc(OCC2(C#N)CC2)cc1. The van der Waals surface area contributed by atoms with Crippen LogP contribution in [-0.4, -0.2) is 6.61 Å².